The van der Waals surface area contributed by atoms with E-state index in [-0.39, 0.29) is 5.75 Å². The summed E-state index contributed by atoms with van der Waals surface area (Å²) in [5, 5.41) is 8.69. The largest absolute Gasteiger partial charge is 0.481 e. The summed E-state index contributed by atoms with van der Waals surface area (Å²) in [6.07, 6.45) is 4.46. The van der Waals surface area contributed by atoms with Crippen LogP contribution < -0.4 is 0 Å². The summed E-state index contributed by atoms with van der Waals surface area (Å²) in [6.45, 7) is 5.04. The highest BCUT2D eigenvalue weighted by molar-refractivity contribution is 7.90. The van der Waals surface area contributed by atoms with Crippen LogP contribution in [0.2, 0.25) is 0 Å². The minimum absolute atomic E-state index is 0.000365. The first kappa shape index (κ1) is 14.9. The second kappa shape index (κ2) is 5.84. The number of aliphatic carboxylic acids is 1. The van der Waals surface area contributed by atoms with E-state index in [1.54, 1.807) is 32.9 Å². The first-order valence-electron chi connectivity index (χ1n) is 4.88. The predicted octanol–water partition coefficient (Wildman–Crippen LogP) is 1.64. The Bertz CT molecular complexity index is 415. The molecule has 0 aromatic carbocycles. The number of hydrogen-bond donors (Lipinski definition) is 1. The number of carbonyl (C=O) groups is 1. The topological polar surface area (TPSA) is 71.4 Å². The van der Waals surface area contributed by atoms with Crippen molar-refractivity contribution in [1.82, 2.24) is 0 Å². The molecule has 1 atom stereocenters. The van der Waals surface area contributed by atoms with Crippen molar-refractivity contribution < 1.29 is 18.3 Å². The lowest BCUT2D eigenvalue weighted by Crippen LogP contribution is -2.07. The molecule has 0 aliphatic carbocycles. The summed E-state index contributed by atoms with van der Waals surface area (Å²) >= 11 is 0. The molecule has 0 amide bonds. The average molecular weight is 246 g/mol. The third-order valence-corrected chi connectivity index (χ3v) is 2.85. The fraction of sp³-hybridized carbons (Fsp3) is 0.545. The Labute approximate surface area is 96.6 Å². The lowest BCUT2D eigenvalue weighted by atomic mass is 10.1. The van der Waals surface area contributed by atoms with Crippen LogP contribution in [0.5, 0.6) is 0 Å². The molecule has 1 unspecified atom stereocenters. The van der Waals surface area contributed by atoms with Crippen molar-refractivity contribution in [2.45, 2.75) is 20.8 Å². The van der Waals surface area contributed by atoms with E-state index in [4.69, 9.17) is 5.11 Å². The van der Waals surface area contributed by atoms with E-state index in [0.29, 0.717) is 5.57 Å². The number of hydrogen-bond acceptors (Lipinski definition) is 3. The molecule has 0 aromatic rings. The second-order valence-corrected chi connectivity index (χ2v) is 6.24. The Kier molecular flexibility index (Phi) is 5.44. The van der Waals surface area contributed by atoms with Crippen LogP contribution in [0.25, 0.3) is 0 Å². The normalized spacial score (nSPS) is 16.0. The number of sulfone groups is 1. The van der Waals surface area contributed by atoms with Gasteiger partial charge in [0.25, 0.3) is 0 Å². The highest BCUT2D eigenvalue weighted by Crippen LogP contribution is 2.08. The van der Waals surface area contributed by atoms with Gasteiger partial charge in [0, 0.05) is 6.26 Å². The zero-order valence-corrected chi connectivity index (χ0v) is 10.8. The molecule has 0 bridgehead atoms. The van der Waals surface area contributed by atoms with Crippen LogP contribution in [0.3, 0.4) is 0 Å². The summed E-state index contributed by atoms with van der Waals surface area (Å²) in [7, 11) is -3.03. The quantitative estimate of drug-likeness (QED) is 0.749. The van der Waals surface area contributed by atoms with Gasteiger partial charge in [-0.15, -0.1) is 0 Å². The van der Waals surface area contributed by atoms with Crippen molar-refractivity contribution >= 4 is 15.8 Å². The fourth-order valence-electron chi connectivity index (χ4n) is 1.36. The van der Waals surface area contributed by atoms with Gasteiger partial charge in [-0.05, 0) is 20.8 Å². The van der Waals surface area contributed by atoms with Gasteiger partial charge in [0.05, 0.1) is 11.7 Å². The van der Waals surface area contributed by atoms with Crippen molar-refractivity contribution in [3.05, 3.63) is 23.3 Å². The molecule has 0 saturated heterocycles. The average Bonchev–Trinajstić information content (AvgIpc) is 1.98. The lowest BCUT2D eigenvalue weighted by Gasteiger charge is -2.02. The van der Waals surface area contributed by atoms with E-state index < -0.39 is 21.7 Å². The molecular formula is C11H18O4S. The van der Waals surface area contributed by atoms with Gasteiger partial charge >= 0.3 is 5.97 Å². The van der Waals surface area contributed by atoms with Crippen LogP contribution in [0.15, 0.2) is 23.3 Å². The molecule has 0 radical (unpaired) electrons. The van der Waals surface area contributed by atoms with Crippen molar-refractivity contribution in [3.63, 3.8) is 0 Å². The van der Waals surface area contributed by atoms with E-state index in [2.05, 4.69) is 0 Å². The van der Waals surface area contributed by atoms with Crippen LogP contribution in [0.1, 0.15) is 20.8 Å². The summed E-state index contributed by atoms with van der Waals surface area (Å²) < 4.78 is 22.0. The SMILES string of the molecule is CC(=C\C(C)C(=O)O)/C=C(\C)CS(C)(=O)=O. The molecule has 0 aliphatic heterocycles. The Morgan fingerprint density at radius 1 is 1.38 bits per heavy atom. The van der Waals surface area contributed by atoms with E-state index in [0.717, 1.165) is 5.57 Å². The van der Waals surface area contributed by atoms with Crippen LogP contribution in [-0.4, -0.2) is 31.5 Å². The van der Waals surface area contributed by atoms with Crippen LogP contribution in [0, 0.1) is 5.92 Å². The van der Waals surface area contributed by atoms with E-state index >= 15 is 0 Å². The van der Waals surface area contributed by atoms with Gasteiger partial charge in [0.2, 0.25) is 0 Å². The van der Waals surface area contributed by atoms with Crippen molar-refractivity contribution in [3.8, 4) is 0 Å². The maximum Gasteiger partial charge on any atom is 0.310 e. The van der Waals surface area contributed by atoms with E-state index in [1.165, 1.54) is 6.26 Å². The summed E-state index contributed by atoms with van der Waals surface area (Å²) in [5.74, 6) is -1.46. The van der Waals surface area contributed by atoms with Gasteiger partial charge in [-0.3, -0.25) is 4.79 Å². The molecule has 0 aliphatic rings. The molecule has 0 spiro atoms. The molecule has 5 heteroatoms. The van der Waals surface area contributed by atoms with Crippen molar-refractivity contribution in [1.29, 1.82) is 0 Å². The van der Waals surface area contributed by atoms with Crippen molar-refractivity contribution in [2.75, 3.05) is 12.0 Å². The maximum absolute atomic E-state index is 11.0. The molecule has 1 N–H and O–H groups in total. The highest BCUT2D eigenvalue weighted by Gasteiger charge is 2.07. The zero-order chi connectivity index (χ0) is 12.9. The molecule has 16 heavy (non-hydrogen) atoms. The minimum Gasteiger partial charge on any atom is -0.481 e. The highest BCUT2D eigenvalue weighted by atomic mass is 32.2. The Balaban J connectivity index is 4.71. The Hall–Kier alpha value is -1.10. The molecule has 0 aromatic heterocycles. The Morgan fingerprint density at radius 2 is 1.88 bits per heavy atom. The van der Waals surface area contributed by atoms with Gasteiger partial charge in [-0.1, -0.05) is 23.3 Å². The molecule has 92 valence electrons. The lowest BCUT2D eigenvalue weighted by molar-refractivity contribution is -0.139. The number of rotatable bonds is 5. The first-order chi connectivity index (χ1) is 7.11. The minimum atomic E-state index is -3.03. The molecule has 0 heterocycles. The standard InChI is InChI=1S/C11H18O4S/c1-8(6-10(3)11(12)13)5-9(2)7-16(4,14)15/h5-6,10H,7H2,1-4H3,(H,12,13)/b8-6+,9-5+. The summed E-state index contributed by atoms with van der Waals surface area (Å²) in [5.41, 5.74) is 1.46. The van der Waals surface area contributed by atoms with Gasteiger partial charge in [-0.2, -0.15) is 0 Å². The number of carboxylic acids is 1. The predicted molar refractivity (Wildman–Crippen MR) is 64.0 cm³/mol. The summed E-state index contributed by atoms with van der Waals surface area (Å²) in [4.78, 5) is 10.6. The van der Waals surface area contributed by atoms with Gasteiger partial charge < -0.3 is 5.11 Å². The third kappa shape index (κ3) is 7.23. The second-order valence-electron chi connectivity index (χ2n) is 4.10. The molecule has 0 rings (SSSR count). The fourth-order valence-corrected chi connectivity index (χ4v) is 2.27. The van der Waals surface area contributed by atoms with Gasteiger partial charge in [0.15, 0.2) is 9.84 Å². The van der Waals surface area contributed by atoms with Crippen LogP contribution in [0.4, 0.5) is 0 Å². The molecule has 0 saturated carbocycles. The monoisotopic (exact) mass is 246 g/mol. The third-order valence-electron chi connectivity index (χ3n) is 1.87. The zero-order valence-electron chi connectivity index (χ0n) is 10.0. The van der Waals surface area contributed by atoms with Crippen LogP contribution in [-0.2, 0) is 14.6 Å². The van der Waals surface area contributed by atoms with Gasteiger partial charge in [0.1, 0.15) is 0 Å². The van der Waals surface area contributed by atoms with Crippen LogP contribution >= 0.6 is 0 Å². The van der Waals surface area contributed by atoms with Crippen molar-refractivity contribution in [2.24, 2.45) is 5.92 Å². The van der Waals surface area contributed by atoms with E-state index in [9.17, 15) is 13.2 Å². The maximum atomic E-state index is 11.0. The Morgan fingerprint density at radius 3 is 2.25 bits per heavy atom. The molecule has 4 nitrogen and oxygen atoms in total. The summed E-state index contributed by atoms with van der Waals surface area (Å²) in [6, 6.07) is 0. The van der Waals surface area contributed by atoms with E-state index in [1.807, 2.05) is 0 Å². The molecule has 0 fully saturated rings. The smallest absolute Gasteiger partial charge is 0.310 e. The number of carboxylic acid groups (broad SMARTS) is 1. The first-order valence-corrected chi connectivity index (χ1v) is 6.94. The molecular weight excluding hydrogens is 228 g/mol. The van der Waals surface area contributed by atoms with Gasteiger partial charge in [-0.25, -0.2) is 8.42 Å². The number of allylic oxidation sites excluding steroid dienone is 2.